The van der Waals surface area contributed by atoms with E-state index in [4.69, 9.17) is 0 Å². The summed E-state index contributed by atoms with van der Waals surface area (Å²) < 4.78 is 2.03. The lowest BCUT2D eigenvalue weighted by Gasteiger charge is -1.86. The lowest BCUT2D eigenvalue weighted by Crippen LogP contribution is -1.73. The summed E-state index contributed by atoms with van der Waals surface area (Å²) in [5.41, 5.74) is 0.872. The zero-order valence-electron chi connectivity index (χ0n) is 5.95. The molecule has 0 aliphatic carbocycles. The number of aromatic nitrogens is 1. The Kier molecular flexibility index (Phi) is 1.94. The third-order valence-corrected chi connectivity index (χ3v) is 2.92. The van der Waals surface area contributed by atoms with Crippen molar-refractivity contribution in [3.63, 3.8) is 0 Å². The molecule has 0 bridgehead atoms. The molecule has 0 spiro atoms. The van der Waals surface area contributed by atoms with Crippen molar-refractivity contribution in [1.82, 2.24) is 4.98 Å². The number of carbonyl (C=O) groups is 1. The van der Waals surface area contributed by atoms with Crippen LogP contribution in [0, 0.1) is 0 Å². The van der Waals surface area contributed by atoms with Gasteiger partial charge in [0.15, 0.2) is 11.3 Å². The van der Waals surface area contributed by atoms with Crippen LogP contribution in [0.4, 0.5) is 0 Å². The molecule has 4 heteroatoms. The number of rotatable bonds is 1. The highest BCUT2D eigenvalue weighted by Crippen LogP contribution is 2.23. The van der Waals surface area contributed by atoms with Crippen molar-refractivity contribution in [3.8, 4) is 0 Å². The third-order valence-electron chi connectivity index (χ3n) is 1.47. The van der Waals surface area contributed by atoms with Crippen LogP contribution < -0.4 is 0 Å². The van der Waals surface area contributed by atoms with Crippen LogP contribution >= 0.6 is 27.3 Å². The largest absolute Gasteiger partial charge is 0.295 e. The summed E-state index contributed by atoms with van der Waals surface area (Å²) in [4.78, 5) is 14.5. The van der Waals surface area contributed by atoms with Crippen molar-refractivity contribution in [2.24, 2.45) is 0 Å². The van der Waals surface area contributed by atoms with Crippen molar-refractivity contribution in [1.29, 1.82) is 0 Å². The fourth-order valence-electron chi connectivity index (χ4n) is 0.969. The van der Waals surface area contributed by atoms with Gasteiger partial charge in [0.05, 0.1) is 10.2 Å². The first kappa shape index (κ1) is 7.89. The molecule has 0 radical (unpaired) electrons. The molecule has 0 aliphatic heterocycles. The first-order valence-corrected chi connectivity index (χ1v) is 4.92. The van der Waals surface area contributed by atoms with Crippen LogP contribution in [0.3, 0.4) is 0 Å². The Morgan fingerprint density at radius 2 is 2.33 bits per heavy atom. The maximum Gasteiger partial charge on any atom is 0.178 e. The predicted molar refractivity (Wildman–Crippen MR) is 52.7 cm³/mol. The summed E-state index contributed by atoms with van der Waals surface area (Å²) in [5, 5.41) is 0.531. The smallest absolute Gasteiger partial charge is 0.178 e. The molecule has 0 unspecified atom stereocenters. The zero-order valence-corrected chi connectivity index (χ0v) is 8.35. The molecule has 2 aromatic rings. The Bertz CT molecular complexity index is 438. The standard InChI is InChI=1S/C8H4BrNOS/c9-5-1-2-7-6(3-5)10-8(4-11)12-7/h1-4H. The van der Waals surface area contributed by atoms with Crippen LogP contribution in [-0.4, -0.2) is 11.3 Å². The molecule has 0 aliphatic rings. The average Bonchev–Trinajstić information content (AvgIpc) is 2.46. The minimum Gasteiger partial charge on any atom is -0.295 e. The van der Waals surface area contributed by atoms with E-state index in [2.05, 4.69) is 20.9 Å². The van der Waals surface area contributed by atoms with E-state index in [0.717, 1.165) is 21.0 Å². The van der Waals surface area contributed by atoms with Crippen LogP contribution in [-0.2, 0) is 0 Å². The molecule has 1 aromatic carbocycles. The Balaban J connectivity index is 2.75. The summed E-state index contributed by atoms with van der Waals surface area (Å²) in [6, 6.07) is 5.79. The minimum atomic E-state index is 0.531. The van der Waals surface area contributed by atoms with Crippen molar-refractivity contribution < 1.29 is 4.79 Å². The minimum absolute atomic E-state index is 0.531. The van der Waals surface area contributed by atoms with Crippen LogP contribution in [0.2, 0.25) is 0 Å². The van der Waals surface area contributed by atoms with Gasteiger partial charge in [-0.1, -0.05) is 15.9 Å². The summed E-state index contributed by atoms with van der Waals surface area (Å²) >= 11 is 4.75. The fourth-order valence-corrected chi connectivity index (χ4v) is 2.08. The SMILES string of the molecule is O=Cc1nc2cc(Br)ccc2s1. The van der Waals surface area contributed by atoms with Gasteiger partial charge in [0.25, 0.3) is 0 Å². The number of thiazole rings is 1. The van der Waals surface area contributed by atoms with Gasteiger partial charge in [-0.25, -0.2) is 4.98 Å². The monoisotopic (exact) mass is 241 g/mol. The summed E-state index contributed by atoms with van der Waals surface area (Å²) in [5.74, 6) is 0. The van der Waals surface area contributed by atoms with E-state index in [1.54, 1.807) is 0 Å². The number of nitrogens with zero attached hydrogens (tertiary/aromatic N) is 1. The highest BCUT2D eigenvalue weighted by atomic mass is 79.9. The molecule has 0 atom stereocenters. The third kappa shape index (κ3) is 1.28. The van der Waals surface area contributed by atoms with Gasteiger partial charge < -0.3 is 0 Å². The van der Waals surface area contributed by atoms with Gasteiger partial charge in [-0.2, -0.15) is 0 Å². The maximum absolute atomic E-state index is 10.4. The first-order valence-electron chi connectivity index (χ1n) is 3.31. The lowest BCUT2D eigenvalue weighted by molar-refractivity contribution is 0.112. The molecule has 0 fully saturated rings. The maximum atomic E-state index is 10.4. The van der Waals surface area contributed by atoms with Crippen LogP contribution in [0.25, 0.3) is 10.2 Å². The molecule has 0 saturated heterocycles. The molecule has 0 N–H and O–H groups in total. The van der Waals surface area contributed by atoms with Gasteiger partial charge in [-0.15, -0.1) is 11.3 Å². The van der Waals surface area contributed by atoms with E-state index in [-0.39, 0.29) is 0 Å². The molecule has 1 aromatic heterocycles. The summed E-state index contributed by atoms with van der Waals surface area (Å²) in [7, 11) is 0. The Hall–Kier alpha value is -0.740. The number of hydrogen-bond acceptors (Lipinski definition) is 3. The number of aldehydes is 1. The highest BCUT2D eigenvalue weighted by molar-refractivity contribution is 9.10. The Morgan fingerprint density at radius 3 is 3.08 bits per heavy atom. The molecule has 1 heterocycles. The Labute approximate surface area is 81.4 Å². The quantitative estimate of drug-likeness (QED) is 0.719. The van der Waals surface area contributed by atoms with E-state index < -0.39 is 0 Å². The van der Waals surface area contributed by atoms with Gasteiger partial charge >= 0.3 is 0 Å². The van der Waals surface area contributed by atoms with Crippen LogP contribution in [0.5, 0.6) is 0 Å². The summed E-state index contributed by atoms with van der Waals surface area (Å²) in [6.45, 7) is 0. The van der Waals surface area contributed by atoms with Crippen molar-refractivity contribution in [2.45, 2.75) is 0 Å². The summed E-state index contributed by atoms with van der Waals surface area (Å²) in [6.07, 6.45) is 0.776. The second kappa shape index (κ2) is 2.95. The van der Waals surface area contributed by atoms with E-state index in [1.807, 2.05) is 18.2 Å². The molecule has 12 heavy (non-hydrogen) atoms. The number of carbonyl (C=O) groups excluding carboxylic acids is 1. The number of hydrogen-bond donors (Lipinski definition) is 0. The van der Waals surface area contributed by atoms with E-state index in [9.17, 15) is 4.79 Å². The van der Waals surface area contributed by atoms with E-state index in [1.165, 1.54) is 11.3 Å². The average molecular weight is 242 g/mol. The van der Waals surface area contributed by atoms with Crippen molar-refractivity contribution in [3.05, 3.63) is 27.7 Å². The fraction of sp³-hybridized carbons (Fsp3) is 0. The number of halogens is 1. The number of benzene rings is 1. The van der Waals surface area contributed by atoms with Crippen molar-refractivity contribution in [2.75, 3.05) is 0 Å². The highest BCUT2D eigenvalue weighted by Gasteiger charge is 2.01. The Morgan fingerprint density at radius 1 is 1.50 bits per heavy atom. The molecule has 2 nitrogen and oxygen atoms in total. The molecule has 0 amide bonds. The normalized spacial score (nSPS) is 10.4. The van der Waals surface area contributed by atoms with Crippen LogP contribution in [0.15, 0.2) is 22.7 Å². The van der Waals surface area contributed by atoms with Gasteiger partial charge in [0.2, 0.25) is 0 Å². The molecule has 60 valence electrons. The lowest BCUT2D eigenvalue weighted by atomic mass is 10.3. The van der Waals surface area contributed by atoms with Crippen LogP contribution in [0.1, 0.15) is 9.80 Å². The van der Waals surface area contributed by atoms with Gasteiger partial charge in [-0.05, 0) is 18.2 Å². The molecular weight excluding hydrogens is 238 g/mol. The topological polar surface area (TPSA) is 30.0 Å². The molecular formula is C8H4BrNOS. The zero-order chi connectivity index (χ0) is 8.55. The van der Waals surface area contributed by atoms with Gasteiger partial charge in [-0.3, -0.25) is 4.79 Å². The second-order valence-electron chi connectivity index (χ2n) is 2.28. The predicted octanol–water partition coefficient (Wildman–Crippen LogP) is 2.87. The number of fused-ring (bicyclic) bond motifs is 1. The van der Waals surface area contributed by atoms with Crippen molar-refractivity contribution >= 4 is 43.8 Å². The molecule has 2 rings (SSSR count). The van der Waals surface area contributed by atoms with Gasteiger partial charge in [0, 0.05) is 4.47 Å². The second-order valence-corrected chi connectivity index (χ2v) is 4.26. The van der Waals surface area contributed by atoms with Gasteiger partial charge in [0.1, 0.15) is 0 Å². The van der Waals surface area contributed by atoms with E-state index in [0.29, 0.717) is 5.01 Å². The first-order chi connectivity index (χ1) is 5.79. The van der Waals surface area contributed by atoms with E-state index >= 15 is 0 Å². The molecule has 0 saturated carbocycles.